The van der Waals surface area contributed by atoms with Crippen molar-refractivity contribution in [1.29, 1.82) is 0 Å². The highest BCUT2D eigenvalue weighted by Gasteiger charge is 2.45. The van der Waals surface area contributed by atoms with E-state index in [0.717, 1.165) is 54.9 Å². The maximum Gasteiger partial charge on any atom is 0.248 e. The molecule has 2 aromatic rings. The van der Waals surface area contributed by atoms with Crippen LogP contribution in [-0.2, 0) is 22.6 Å². The Balaban J connectivity index is 1.30. The zero-order valence-corrected chi connectivity index (χ0v) is 20.7. The molecule has 188 valence electrons. The van der Waals surface area contributed by atoms with E-state index in [0.29, 0.717) is 12.5 Å². The molecule has 2 amide bonds. The summed E-state index contributed by atoms with van der Waals surface area (Å²) in [7, 11) is 0. The predicted molar refractivity (Wildman–Crippen MR) is 129 cm³/mol. The number of aliphatic hydroxyl groups is 1. The summed E-state index contributed by atoms with van der Waals surface area (Å²) in [6.45, 7) is 7.17. The van der Waals surface area contributed by atoms with E-state index < -0.39 is 23.6 Å². The van der Waals surface area contributed by atoms with Gasteiger partial charge in [0.05, 0.1) is 18.4 Å². The van der Waals surface area contributed by atoms with Crippen LogP contribution in [0.25, 0.3) is 0 Å². The van der Waals surface area contributed by atoms with Gasteiger partial charge in [0.2, 0.25) is 11.8 Å². The summed E-state index contributed by atoms with van der Waals surface area (Å²) in [5, 5.41) is 22.0. The number of aliphatic hydroxyl groups excluding tert-OH is 1. The smallest absolute Gasteiger partial charge is 0.248 e. The summed E-state index contributed by atoms with van der Waals surface area (Å²) < 4.78 is 7.31. The highest BCUT2D eigenvalue weighted by molar-refractivity contribution is 5.90. The highest BCUT2D eigenvalue weighted by Crippen LogP contribution is 2.40. The second kappa shape index (κ2) is 9.26. The van der Waals surface area contributed by atoms with Crippen LogP contribution in [0.15, 0.2) is 24.4 Å². The molecule has 2 N–H and O–H groups in total. The van der Waals surface area contributed by atoms with Crippen molar-refractivity contribution in [2.75, 3.05) is 13.2 Å². The van der Waals surface area contributed by atoms with Crippen molar-refractivity contribution < 1.29 is 19.4 Å². The van der Waals surface area contributed by atoms with E-state index in [1.54, 1.807) is 4.68 Å². The summed E-state index contributed by atoms with van der Waals surface area (Å²) in [4.78, 5) is 28.5. The molecule has 3 aliphatic rings. The Morgan fingerprint density at radius 2 is 2.09 bits per heavy atom. The Labute approximate surface area is 205 Å². The minimum Gasteiger partial charge on any atom is -0.493 e. The second-order valence-electron chi connectivity index (χ2n) is 11.2. The molecular formula is C26H35N5O4. The maximum atomic E-state index is 13.8. The van der Waals surface area contributed by atoms with Crippen molar-refractivity contribution in [3.8, 4) is 5.75 Å². The number of ether oxygens (including phenoxy) is 1. The molecule has 35 heavy (non-hydrogen) atoms. The van der Waals surface area contributed by atoms with Gasteiger partial charge in [0.25, 0.3) is 0 Å². The van der Waals surface area contributed by atoms with Crippen LogP contribution in [0, 0.1) is 5.41 Å². The van der Waals surface area contributed by atoms with Crippen LogP contribution in [0.4, 0.5) is 0 Å². The van der Waals surface area contributed by atoms with Crippen LogP contribution in [0.2, 0.25) is 0 Å². The van der Waals surface area contributed by atoms with Crippen LogP contribution in [0.5, 0.6) is 5.75 Å². The monoisotopic (exact) mass is 481 g/mol. The van der Waals surface area contributed by atoms with Gasteiger partial charge < -0.3 is 20.1 Å². The third-order valence-corrected chi connectivity index (χ3v) is 7.15. The van der Waals surface area contributed by atoms with Crippen molar-refractivity contribution in [2.24, 2.45) is 5.41 Å². The average Bonchev–Trinajstić information content (AvgIpc) is 3.43. The molecule has 0 bridgehead atoms. The van der Waals surface area contributed by atoms with Crippen LogP contribution in [0.1, 0.15) is 75.2 Å². The summed E-state index contributed by atoms with van der Waals surface area (Å²) in [5.41, 5.74) is 2.60. The number of β-amino-alcohol motifs (C(OH)–C–C–N with tert-alkyl or cyclic N) is 1. The van der Waals surface area contributed by atoms with Gasteiger partial charge in [0, 0.05) is 31.6 Å². The topological polar surface area (TPSA) is 110 Å². The first-order valence-corrected chi connectivity index (χ1v) is 12.6. The molecular weight excluding hydrogens is 446 g/mol. The lowest BCUT2D eigenvalue weighted by Crippen LogP contribution is -2.50. The number of carbonyl (C=O) groups is 2. The van der Waals surface area contributed by atoms with Crippen LogP contribution in [0.3, 0.4) is 0 Å². The number of carbonyl (C=O) groups excluding carboxylic acids is 2. The number of hydrogen-bond donors (Lipinski definition) is 2. The van der Waals surface area contributed by atoms with E-state index in [2.05, 4.69) is 21.7 Å². The second-order valence-corrected chi connectivity index (χ2v) is 11.2. The van der Waals surface area contributed by atoms with Gasteiger partial charge in [-0.1, -0.05) is 38.1 Å². The number of nitrogens with one attached hydrogen (secondary N) is 1. The fraction of sp³-hybridized carbons (Fsp3) is 0.615. The number of likely N-dealkylation sites (tertiary alicyclic amines) is 1. The largest absolute Gasteiger partial charge is 0.493 e. The molecule has 2 fully saturated rings. The fourth-order valence-corrected chi connectivity index (χ4v) is 5.16. The van der Waals surface area contributed by atoms with Crippen molar-refractivity contribution in [3.05, 3.63) is 41.2 Å². The zero-order chi connectivity index (χ0) is 24.7. The summed E-state index contributed by atoms with van der Waals surface area (Å²) in [6.07, 6.45) is 5.50. The van der Waals surface area contributed by atoms with Crippen molar-refractivity contribution in [1.82, 2.24) is 25.2 Å². The van der Waals surface area contributed by atoms with Crippen molar-refractivity contribution in [2.45, 2.75) is 83.5 Å². The lowest BCUT2D eigenvalue weighted by atomic mass is 9.85. The molecule has 9 heteroatoms. The third kappa shape index (κ3) is 5.05. The SMILES string of the molecule is CC(C)(C)[C@@H](C(=O)N1C[C@H](O)C[C@H]1C(=O)NCc1ccc2c(c1)CCCO2)n1cc(C2CC2)nn1. The molecule has 0 unspecified atom stereocenters. The Bertz CT molecular complexity index is 1100. The summed E-state index contributed by atoms with van der Waals surface area (Å²) in [6, 6.07) is 4.62. The number of benzene rings is 1. The van der Waals surface area contributed by atoms with Crippen LogP contribution in [-0.4, -0.2) is 62.1 Å². The number of rotatable bonds is 6. The molecule has 1 aromatic carbocycles. The van der Waals surface area contributed by atoms with E-state index in [-0.39, 0.29) is 24.8 Å². The number of hydrogen-bond acceptors (Lipinski definition) is 6. The Morgan fingerprint density at radius 1 is 1.29 bits per heavy atom. The van der Waals surface area contributed by atoms with Gasteiger partial charge in [-0.25, -0.2) is 4.68 Å². The van der Waals surface area contributed by atoms with Gasteiger partial charge in [0.15, 0.2) is 0 Å². The third-order valence-electron chi connectivity index (χ3n) is 7.15. The van der Waals surface area contributed by atoms with Gasteiger partial charge >= 0.3 is 0 Å². The highest BCUT2D eigenvalue weighted by atomic mass is 16.5. The van der Waals surface area contributed by atoms with Gasteiger partial charge in [-0.3, -0.25) is 9.59 Å². The number of nitrogens with zero attached hydrogens (tertiary/aromatic N) is 4. The lowest BCUT2D eigenvalue weighted by Gasteiger charge is -2.34. The number of amides is 2. The minimum atomic E-state index is -0.742. The molecule has 1 aromatic heterocycles. The Morgan fingerprint density at radius 3 is 2.83 bits per heavy atom. The van der Waals surface area contributed by atoms with E-state index in [9.17, 15) is 14.7 Å². The number of fused-ring (bicyclic) bond motifs is 1. The fourth-order valence-electron chi connectivity index (χ4n) is 5.16. The van der Waals surface area contributed by atoms with Crippen LogP contribution >= 0.6 is 0 Å². The molecule has 1 aliphatic carbocycles. The van der Waals surface area contributed by atoms with Gasteiger partial charge in [-0.2, -0.15) is 0 Å². The molecule has 3 heterocycles. The molecule has 1 saturated heterocycles. The molecule has 1 saturated carbocycles. The first kappa shape index (κ1) is 23.8. The normalized spacial score (nSPS) is 22.9. The van der Waals surface area contributed by atoms with Crippen LogP contribution < -0.4 is 10.1 Å². The van der Waals surface area contributed by atoms with E-state index in [4.69, 9.17) is 4.74 Å². The molecule has 2 aliphatic heterocycles. The Kier molecular flexibility index (Phi) is 6.29. The molecule has 3 atom stereocenters. The zero-order valence-electron chi connectivity index (χ0n) is 20.7. The molecule has 9 nitrogen and oxygen atoms in total. The lowest BCUT2D eigenvalue weighted by molar-refractivity contribution is -0.144. The first-order valence-electron chi connectivity index (χ1n) is 12.6. The van der Waals surface area contributed by atoms with Gasteiger partial charge in [-0.15, -0.1) is 5.10 Å². The van der Waals surface area contributed by atoms with Gasteiger partial charge in [-0.05, 0) is 48.3 Å². The van der Waals surface area contributed by atoms with Gasteiger partial charge in [0.1, 0.15) is 17.8 Å². The number of aromatic nitrogens is 3. The molecule has 5 rings (SSSR count). The summed E-state index contributed by atoms with van der Waals surface area (Å²) in [5.74, 6) is 0.871. The minimum absolute atomic E-state index is 0.129. The average molecular weight is 482 g/mol. The Hall–Kier alpha value is -2.94. The summed E-state index contributed by atoms with van der Waals surface area (Å²) >= 11 is 0. The predicted octanol–water partition coefficient (Wildman–Crippen LogP) is 2.35. The van der Waals surface area contributed by atoms with E-state index >= 15 is 0 Å². The van der Waals surface area contributed by atoms with Crippen molar-refractivity contribution in [3.63, 3.8) is 0 Å². The first-order chi connectivity index (χ1) is 16.7. The van der Waals surface area contributed by atoms with E-state index in [1.165, 1.54) is 4.90 Å². The molecule has 0 radical (unpaired) electrons. The van der Waals surface area contributed by atoms with Crippen molar-refractivity contribution >= 4 is 11.8 Å². The molecule has 0 spiro atoms. The maximum absolute atomic E-state index is 13.8. The number of aryl methyl sites for hydroxylation is 1. The quantitative estimate of drug-likeness (QED) is 0.656. The standard InChI is InChI=1S/C26H35N5O4/c1-26(2,3)23(31-15-20(28-29-31)17-7-8-17)25(34)30-14-19(32)12-21(30)24(33)27-13-16-6-9-22-18(11-16)5-4-10-35-22/h6,9,11,15,17,19,21,23,32H,4-5,7-8,10,12-14H2,1-3H3,(H,27,33)/t19-,21+,23-/m1/s1. The van der Waals surface area contributed by atoms with E-state index in [1.807, 2.05) is 39.1 Å².